The molecule has 0 spiro atoms. The highest BCUT2D eigenvalue weighted by Crippen LogP contribution is 2.28. The summed E-state index contributed by atoms with van der Waals surface area (Å²) in [5.41, 5.74) is 2.25. The monoisotopic (exact) mass is 386 g/mol. The number of carbonyl (C=O) groups is 2. The van der Waals surface area contributed by atoms with E-state index < -0.39 is 0 Å². The van der Waals surface area contributed by atoms with Crippen molar-refractivity contribution in [1.82, 2.24) is 10.6 Å². The van der Waals surface area contributed by atoms with E-state index in [1.807, 2.05) is 18.2 Å². The Bertz CT molecular complexity index is 677. The summed E-state index contributed by atoms with van der Waals surface area (Å²) in [6.07, 6.45) is 8.00. The van der Waals surface area contributed by atoms with Crippen molar-refractivity contribution in [1.29, 1.82) is 0 Å². The first-order chi connectivity index (χ1) is 13.5. The molecule has 1 saturated heterocycles. The van der Waals surface area contributed by atoms with Crippen LogP contribution in [0.25, 0.3) is 0 Å². The Morgan fingerprint density at radius 3 is 2.46 bits per heavy atom. The van der Waals surface area contributed by atoms with E-state index >= 15 is 0 Å². The first kappa shape index (κ1) is 20.5. The molecule has 0 aromatic heterocycles. The number of nitrogens with one attached hydrogen (secondary N) is 3. The number of hydrogen-bond acceptors (Lipinski definition) is 3. The van der Waals surface area contributed by atoms with Gasteiger partial charge in [0.25, 0.3) is 5.91 Å². The van der Waals surface area contributed by atoms with E-state index in [4.69, 9.17) is 0 Å². The van der Waals surface area contributed by atoms with Crippen LogP contribution in [0.4, 0.5) is 16.2 Å². The highest BCUT2D eigenvalue weighted by molar-refractivity contribution is 6.02. The average molecular weight is 387 g/mol. The summed E-state index contributed by atoms with van der Waals surface area (Å²) >= 11 is 0. The van der Waals surface area contributed by atoms with Crippen LogP contribution in [0.3, 0.4) is 0 Å². The molecule has 154 valence electrons. The summed E-state index contributed by atoms with van der Waals surface area (Å²) in [7, 11) is 0. The van der Waals surface area contributed by atoms with Crippen LogP contribution in [0, 0.1) is 5.92 Å². The third kappa shape index (κ3) is 5.63. The fourth-order valence-electron chi connectivity index (χ4n) is 4.02. The van der Waals surface area contributed by atoms with Gasteiger partial charge in [0.2, 0.25) is 0 Å². The fraction of sp³-hybridized carbons (Fsp3) is 0.636. The molecule has 3 rings (SSSR count). The second kappa shape index (κ2) is 9.80. The number of nitrogens with zero attached hydrogens (tertiary/aromatic N) is 1. The van der Waals surface area contributed by atoms with Gasteiger partial charge in [-0.3, -0.25) is 4.79 Å². The molecule has 2 fully saturated rings. The van der Waals surface area contributed by atoms with E-state index in [0.29, 0.717) is 23.7 Å². The van der Waals surface area contributed by atoms with Gasteiger partial charge in [-0.25, -0.2) is 4.79 Å². The van der Waals surface area contributed by atoms with Gasteiger partial charge in [-0.15, -0.1) is 0 Å². The van der Waals surface area contributed by atoms with Crippen molar-refractivity contribution in [3.8, 4) is 0 Å². The Kier molecular flexibility index (Phi) is 7.18. The maximum atomic E-state index is 12.8. The zero-order valence-electron chi connectivity index (χ0n) is 17.2. The Morgan fingerprint density at radius 1 is 1.07 bits per heavy atom. The van der Waals surface area contributed by atoms with E-state index in [1.165, 1.54) is 19.3 Å². The first-order valence-corrected chi connectivity index (χ1v) is 10.8. The molecule has 0 radical (unpaired) electrons. The Balaban J connectivity index is 1.71. The fourth-order valence-corrected chi connectivity index (χ4v) is 4.02. The lowest BCUT2D eigenvalue weighted by Crippen LogP contribution is -2.39. The van der Waals surface area contributed by atoms with Gasteiger partial charge >= 0.3 is 6.03 Å². The van der Waals surface area contributed by atoms with Crippen molar-refractivity contribution in [2.24, 2.45) is 5.92 Å². The van der Waals surface area contributed by atoms with Crippen molar-refractivity contribution in [2.75, 3.05) is 29.9 Å². The van der Waals surface area contributed by atoms with E-state index in [-0.39, 0.29) is 18.0 Å². The van der Waals surface area contributed by atoms with Gasteiger partial charge < -0.3 is 20.9 Å². The summed E-state index contributed by atoms with van der Waals surface area (Å²) in [6, 6.07) is 5.74. The molecule has 0 bridgehead atoms. The molecule has 1 heterocycles. The van der Waals surface area contributed by atoms with Crippen LogP contribution in [-0.4, -0.2) is 37.6 Å². The molecule has 6 nitrogen and oxygen atoms in total. The Labute approximate surface area is 168 Å². The molecule has 6 heteroatoms. The maximum Gasteiger partial charge on any atom is 0.319 e. The number of amides is 3. The van der Waals surface area contributed by atoms with Gasteiger partial charge in [0.1, 0.15) is 0 Å². The molecular formula is C22H34N4O2. The summed E-state index contributed by atoms with van der Waals surface area (Å²) < 4.78 is 0. The van der Waals surface area contributed by atoms with Gasteiger partial charge in [-0.05, 0) is 49.8 Å². The van der Waals surface area contributed by atoms with E-state index in [9.17, 15) is 9.59 Å². The summed E-state index contributed by atoms with van der Waals surface area (Å²) in [5, 5.41) is 9.00. The predicted molar refractivity (Wildman–Crippen MR) is 114 cm³/mol. The predicted octanol–water partition coefficient (Wildman–Crippen LogP) is 4.13. The minimum Gasteiger partial charge on any atom is -0.371 e. The van der Waals surface area contributed by atoms with Crippen LogP contribution in [0.1, 0.15) is 69.2 Å². The number of benzene rings is 1. The third-order valence-electron chi connectivity index (χ3n) is 5.56. The van der Waals surface area contributed by atoms with Crippen molar-refractivity contribution >= 4 is 23.3 Å². The molecule has 0 unspecified atom stereocenters. The maximum absolute atomic E-state index is 12.8. The first-order valence-electron chi connectivity index (χ1n) is 10.8. The summed E-state index contributed by atoms with van der Waals surface area (Å²) in [4.78, 5) is 27.5. The van der Waals surface area contributed by atoms with Crippen molar-refractivity contribution in [3.05, 3.63) is 23.8 Å². The van der Waals surface area contributed by atoms with Gasteiger partial charge in [0.05, 0.1) is 5.56 Å². The summed E-state index contributed by atoms with van der Waals surface area (Å²) in [6.45, 7) is 6.74. The quantitative estimate of drug-likeness (QED) is 0.688. The van der Waals surface area contributed by atoms with Crippen LogP contribution in [0.15, 0.2) is 18.2 Å². The van der Waals surface area contributed by atoms with Crippen molar-refractivity contribution in [3.63, 3.8) is 0 Å². The van der Waals surface area contributed by atoms with Crippen molar-refractivity contribution in [2.45, 2.75) is 64.8 Å². The minimum absolute atomic E-state index is 0.0769. The lowest BCUT2D eigenvalue weighted by atomic mass is 9.96. The third-order valence-corrected chi connectivity index (χ3v) is 5.56. The van der Waals surface area contributed by atoms with E-state index in [1.54, 1.807) is 0 Å². The highest BCUT2D eigenvalue weighted by atomic mass is 16.2. The van der Waals surface area contributed by atoms with Crippen LogP contribution < -0.4 is 20.9 Å². The Hall–Kier alpha value is -2.24. The minimum atomic E-state index is -0.186. The molecule has 28 heavy (non-hydrogen) atoms. The molecular weight excluding hydrogens is 352 g/mol. The number of rotatable bonds is 6. The molecule has 1 aliphatic carbocycles. The zero-order chi connectivity index (χ0) is 19.9. The second-order valence-corrected chi connectivity index (χ2v) is 8.46. The molecule has 3 N–H and O–H groups in total. The van der Waals surface area contributed by atoms with Crippen LogP contribution >= 0.6 is 0 Å². The lowest BCUT2D eigenvalue weighted by molar-refractivity contribution is 0.0949. The number of urea groups is 1. The largest absolute Gasteiger partial charge is 0.371 e. The Morgan fingerprint density at radius 2 is 1.79 bits per heavy atom. The molecule has 1 saturated carbocycles. The van der Waals surface area contributed by atoms with Gasteiger partial charge in [-0.2, -0.15) is 0 Å². The highest BCUT2D eigenvalue weighted by Gasteiger charge is 2.21. The number of hydrogen-bond donors (Lipinski definition) is 3. The van der Waals surface area contributed by atoms with Gasteiger partial charge in [-0.1, -0.05) is 33.1 Å². The summed E-state index contributed by atoms with van der Waals surface area (Å²) in [5.74, 6) is 0.314. The molecule has 2 aliphatic rings. The molecule has 0 atom stereocenters. The normalized spacial score (nSPS) is 17.6. The molecule has 1 aromatic carbocycles. The number of anilines is 2. The van der Waals surface area contributed by atoms with Gasteiger partial charge in [0, 0.05) is 37.1 Å². The number of carbonyl (C=O) groups excluding carboxylic acids is 2. The van der Waals surface area contributed by atoms with E-state index in [2.05, 4.69) is 34.7 Å². The topological polar surface area (TPSA) is 73.5 Å². The molecule has 3 amide bonds. The zero-order valence-corrected chi connectivity index (χ0v) is 17.2. The van der Waals surface area contributed by atoms with Crippen LogP contribution in [-0.2, 0) is 0 Å². The standard InChI is InChI=1S/C22H34N4O2/c1-16(2)15-23-21(27)19-14-18(10-11-20(19)26-12-6-7-13-26)25-22(28)24-17-8-4-3-5-9-17/h10-11,14,16-17H,3-9,12-13,15H2,1-2H3,(H,23,27)(H2,24,25,28). The van der Waals surface area contributed by atoms with Crippen molar-refractivity contribution < 1.29 is 9.59 Å². The molecule has 1 aliphatic heterocycles. The average Bonchev–Trinajstić information content (AvgIpc) is 3.21. The SMILES string of the molecule is CC(C)CNC(=O)c1cc(NC(=O)NC2CCCCC2)ccc1N1CCCC1. The van der Waals surface area contributed by atoms with E-state index in [0.717, 1.165) is 44.5 Å². The molecule has 1 aromatic rings. The smallest absolute Gasteiger partial charge is 0.319 e. The second-order valence-electron chi connectivity index (χ2n) is 8.46. The van der Waals surface area contributed by atoms with Gasteiger partial charge in [0.15, 0.2) is 0 Å². The van der Waals surface area contributed by atoms with Crippen LogP contribution in [0.5, 0.6) is 0 Å². The van der Waals surface area contributed by atoms with Crippen LogP contribution in [0.2, 0.25) is 0 Å². The lowest BCUT2D eigenvalue weighted by Gasteiger charge is -2.24.